The second-order valence-electron chi connectivity index (χ2n) is 6.47. The maximum atomic E-state index is 14.0. The van der Waals surface area contributed by atoms with Crippen LogP contribution in [0, 0.1) is 0 Å². The Morgan fingerprint density at radius 3 is 2.33 bits per heavy atom. The lowest BCUT2D eigenvalue weighted by Crippen LogP contribution is -2.36. The number of amides is 1. The number of likely N-dealkylation sites (tertiary alicyclic amines) is 1. The topological polar surface area (TPSA) is 113 Å². The van der Waals surface area contributed by atoms with Crippen LogP contribution in [0.1, 0.15) is 31.1 Å². The summed E-state index contributed by atoms with van der Waals surface area (Å²) in [4.78, 5) is 25.1. The van der Waals surface area contributed by atoms with Gasteiger partial charge in [-0.2, -0.15) is 0 Å². The van der Waals surface area contributed by atoms with E-state index in [0.29, 0.717) is 5.69 Å². The maximum absolute atomic E-state index is 14.0. The van der Waals surface area contributed by atoms with Gasteiger partial charge in [0.1, 0.15) is 5.60 Å². The van der Waals surface area contributed by atoms with Gasteiger partial charge in [-0.3, -0.25) is 0 Å². The van der Waals surface area contributed by atoms with Crippen molar-refractivity contribution in [2.75, 3.05) is 18.8 Å². The summed E-state index contributed by atoms with van der Waals surface area (Å²) >= 11 is 0. The Balaban J connectivity index is 0.00000288. The fourth-order valence-electron chi connectivity index (χ4n) is 2.15. The Hall–Kier alpha value is -2.35. The Labute approximate surface area is 139 Å². The smallest absolute Gasteiger partial charge is 0.410 e. The summed E-state index contributed by atoms with van der Waals surface area (Å²) < 4.78 is 24.4. The van der Waals surface area contributed by atoms with Crippen LogP contribution in [0.25, 0.3) is 0 Å². The molecule has 7 nitrogen and oxygen atoms in total. The zero-order chi connectivity index (χ0) is 17.2. The fourth-order valence-corrected chi connectivity index (χ4v) is 2.15. The summed E-state index contributed by atoms with van der Waals surface area (Å²) in [7, 11) is 0. The quantitative estimate of drug-likeness (QED) is 0.647. The van der Waals surface area contributed by atoms with E-state index in [-0.39, 0.29) is 24.1 Å². The molecule has 2 unspecified atom stereocenters. The van der Waals surface area contributed by atoms with Gasteiger partial charge < -0.3 is 25.6 Å². The van der Waals surface area contributed by atoms with E-state index in [2.05, 4.69) is 0 Å². The number of esters is 1. The molecule has 0 saturated carbocycles. The summed E-state index contributed by atoms with van der Waals surface area (Å²) in [6.07, 6.45) is -3.07. The number of carbonyl (C=O) groups excluding carboxylic acids is 2. The Kier molecular flexibility index (Phi) is 6.14. The van der Waals surface area contributed by atoms with Crippen molar-refractivity contribution in [2.24, 2.45) is 0 Å². The molecule has 4 N–H and O–H groups in total. The highest BCUT2D eigenvalue weighted by atomic mass is 19.1. The largest absolute Gasteiger partial charge is 0.454 e. The molecule has 2 rings (SSSR count). The number of nitrogen functional groups attached to an aromatic ring is 1. The van der Waals surface area contributed by atoms with Crippen molar-refractivity contribution in [1.29, 1.82) is 0 Å². The number of hydrogen-bond acceptors (Lipinski definition) is 5. The third-order valence-corrected chi connectivity index (χ3v) is 3.26. The molecule has 0 spiro atoms. The maximum Gasteiger partial charge on any atom is 0.410 e. The van der Waals surface area contributed by atoms with Gasteiger partial charge in [-0.15, -0.1) is 0 Å². The third kappa shape index (κ3) is 5.09. The van der Waals surface area contributed by atoms with Crippen molar-refractivity contribution in [3.05, 3.63) is 29.8 Å². The van der Waals surface area contributed by atoms with Crippen molar-refractivity contribution >= 4 is 17.7 Å². The summed E-state index contributed by atoms with van der Waals surface area (Å²) in [5.41, 5.74) is 5.67. The lowest BCUT2D eigenvalue weighted by atomic mass is 10.2. The zero-order valence-electron chi connectivity index (χ0n) is 13.9. The molecular weight excluding hydrogens is 319 g/mol. The number of benzene rings is 1. The van der Waals surface area contributed by atoms with Gasteiger partial charge in [-0.05, 0) is 45.0 Å². The fraction of sp³-hybridized carbons (Fsp3) is 0.500. The second kappa shape index (κ2) is 7.48. The van der Waals surface area contributed by atoms with Crippen LogP contribution < -0.4 is 5.73 Å². The normalized spacial score (nSPS) is 20.2. The highest BCUT2D eigenvalue weighted by molar-refractivity contribution is 5.90. The summed E-state index contributed by atoms with van der Waals surface area (Å²) in [6, 6.07) is 6.13. The molecule has 8 heteroatoms. The first-order chi connectivity index (χ1) is 10.7. The lowest BCUT2D eigenvalue weighted by Gasteiger charge is -2.24. The van der Waals surface area contributed by atoms with Gasteiger partial charge in [0.05, 0.1) is 18.7 Å². The average Bonchev–Trinajstić information content (AvgIpc) is 2.79. The summed E-state index contributed by atoms with van der Waals surface area (Å²) in [5.74, 6) is -0.649. The van der Waals surface area contributed by atoms with Crippen LogP contribution in [-0.4, -0.2) is 53.4 Å². The molecular formula is C16H23FN2O5. The van der Waals surface area contributed by atoms with Crippen LogP contribution in [-0.2, 0) is 9.47 Å². The monoisotopic (exact) mass is 342 g/mol. The minimum Gasteiger partial charge on any atom is -0.454 e. The molecule has 0 aliphatic carbocycles. The van der Waals surface area contributed by atoms with Crippen LogP contribution in [0.4, 0.5) is 14.9 Å². The predicted octanol–water partition coefficient (Wildman–Crippen LogP) is 1.56. The van der Waals surface area contributed by atoms with E-state index >= 15 is 0 Å². The molecule has 24 heavy (non-hydrogen) atoms. The standard InChI is InChI=1S/C16H21FN2O4.H2O/c1-16(2,3)23-15(21)19-8-12(17)13(9-19)22-14(20)10-4-6-11(18)7-5-10;/h4-7,12-13H,8-9,18H2,1-3H3;1H2. The van der Waals surface area contributed by atoms with Gasteiger partial charge in [-0.25, -0.2) is 14.0 Å². The Morgan fingerprint density at radius 2 is 1.79 bits per heavy atom. The molecule has 1 aliphatic rings. The zero-order valence-corrected chi connectivity index (χ0v) is 13.9. The third-order valence-electron chi connectivity index (χ3n) is 3.26. The van der Waals surface area contributed by atoms with Crippen molar-refractivity contribution in [3.63, 3.8) is 0 Å². The van der Waals surface area contributed by atoms with Crippen LogP contribution in [0.15, 0.2) is 24.3 Å². The minimum atomic E-state index is -1.44. The van der Waals surface area contributed by atoms with E-state index < -0.39 is 29.9 Å². The number of rotatable bonds is 2. The van der Waals surface area contributed by atoms with Gasteiger partial charge in [0.2, 0.25) is 0 Å². The van der Waals surface area contributed by atoms with E-state index in [0.717, 1.165) is 0 Å². The molecule has 0 bridgehead atoms. The number of halogens is 1. The molecule has 1 fully saturated rings. The van der Waals surface area contributed by atoms with E-state index in [9.17, 15) is 14.0 Å². The van der Waals surface area contributed by atoms with Crippen LogP contribution in [0.3, 0.4) is 0 Å². The molecule has 1 aromatic rings. The number of anilines is 1. The van der Waals surface area contributed by atoms with E-state index in [4.69, 9.17) is 15.2 Å². The Morgan fingerprint density at radius 1 is 1.21 bits per heavy atom. The van der Waals surface area contributed by atoms with E-state index in [1.807, 2.05) is 0 Å². The number of alkyl halides is 1. The molecule has 1 aromatic carbocycles. The first-order valence-corrected chi connectivity index (χ1v) is 7.34. The van der Waals surface area contributed by atoms with E-state index in [1.54, 1.807) is 32.9 Å². The number of ether oxygens (including phenoxy) is 2. The van der Waals surface area contributed by atoms with Gasteiger partial charge in [0.15, 0.2) is 12.3 Å². The molecule has 1 amide bonds. The molecule has 2 atom stereocenters. The molecule has 0 radical (unpaired) electrons. The number of nitrogens with zero attached hydrogens (tertiary/aromatic N) is 1. The van der Waals surface area contributed by atoms with Gasteiger partial charge in [-0.1, -0.05) is 0 Å². The second-order valence-corrected chi connectivity index (χ2v) is 6.47. The average molecular weight is 342 g/mol. The first-order valence-electron chi connectivity index (χ1n) is 7.34. The van der Waals surface area contributed by atoms with Crippen molar-refractivity contribution < 1.29 is 28.9 Å². The minimum absolute atomic E-state index is 0. The van der Waals surface area contributed by atoms with Gasteiger partial charge >= 0.3 is 12.1 Å². The summed E-state index contributed by atoms with van der Waals surface area (Å²) in [6.45, 7) is 5.00. The van der Waals surface area contributed by atoms with Crippen molar-refractivity contribution in [2.45, 2.75) is 38.6 Å². The highest BCUT2D eigenvalue weighted by Gasteiger charge is 2.39. The number of hydrogen-bond donors (Lipinski definition) is 1. The summed E-state index contributed by atoms with van der Waals surface area (Å²) in [5, 5.41) is 0. The predicted molar refractivity (Wildman–Crippen MR) is 86.4 cm³/mol. The molecule has 134 valence electrons. The van der Waals surface area contributed by atoms with Gasteiger partial charge in [0.25, 0.3) is 0 Å². The lowest BCUT2D eigenvalue weighted by molar-refractivity contribution is 0.0140. The van der Waals surface area contributed by atoms with Gasteiger partial charge in [0, 0.05) is 5.69 Å². The Bertz CT molecular complexity index is 585. The van der Waals surface area contributed by atoms with Crippen LogP contribution in [0.5, 0.6) is 0 Å². The highest BCUT2D eigenvalue weighted by Crippen LogP contribution is 2.21. The molecule has 1 saturated heterocycles. The van der Waals surface area contributed by atoms with Crippen LogP contribution in [0.2, 0.25) is 0 Å². The van der Waals surface area contributed by atoms with Crippen molar-refractivity contribution in [1.82, 2.24) is 4.90 Å². The molecule has 0 aromatic heterocycles. The number of nitrogens with two attached hydrogens (primary N) is 1. The molecule has 1 aliphatic heterocycles. The van der Waals surface area contributed by atoms with Crippen molar-refractivity contribution in [3.8, 4) is 0 Å². The van der Waals surface area contributed by atoms with Crippen LogP contribution >= 0.6 is 0 Å². The SMILES string of the molecule is CC(C)(C)OC(=O)N1CC(F)C(OC(=O)c2ccc(N)cc2)C1.O. The van der Waals surface area contributed by atoms with E-state index in [1.165, 1.54) is 17.0 Å². The first kappa shape index (κ1) is 19.7. The number of carbonyl (C=O) groups is 2. The molecule has 1 heterocycles.